The lowest BCUT2D eigenvalue weighted by atomic mass is 10.0. The molecule has 0 aromatic heterocycles. The first-order valence-corrected chi connectivity index (χ1v) is 5.97. The van der Waals surface area contributed by atoms with E-state index in [9.17, 15) is 9.59 Å². The third-order valence-corrected chi connectivity index (χ3v) is 4.95. The van der Waals surface area contributed by atoms with Crippen LogP contribution in [0.3, 0.4) is 0 Å². The number of rotatable bonds is 3. The summed E-state index contributed by atoms with van der Waals surface area (Å²) in [6, 6.07) is 0. The van der Waals surface area contributed by atoms with Gasteiger partial charge in [-0.1, -0.05) is 0 Å². The van der Waals surface area contributed by atoms with Gasteiger partial charge in [-0.25, -0.2) is 4.79 Å². The Balaban J connectivity index is 2.78. The summed E-state index contributed by atoms with van der Waals surface area (Å²) in [4.78, 5) is 23.2. The van der Waals surface area contributed by atoms with Crippen LogP contribution in [-0.2, 0) is 20.5 Å². The normalized spacial score (nSPS) is 34.2. The first-order valence-electron chi connectivity index (χ1n) is 4.51. The van der Waals surface area contributed by atoms with Crippen molar-refractivity contribution in [1.29, 1.82) is 0 Å². The van der Waals surface area contributed by atoms with E-state index >= 15 is 0 Å². The zero-order valence-corrected chi connectivity index (χ0v) is 8.76. The molecule has 74 valence electrons. The van der Waals surface area contributed by atoms with Gasteiger partial charge in [-0.2, -0.15) is 0 Å². The summed E-state index contributed by atoms with van der Waals surface area (Å²) < 4.78 is 0. The summed E-state index contributed by atoms with van der Waals surface area (Å²) in [5.41, 5.74) is 0. The van der Waals surface area contributed by atoms with Crippen molar-refractivity contribution in [1.82, 2.24) is 0 Å². The molecule has 0 saturated carbocycles. The second-order valence-corrected chi connectivity index (χ2v) is 5.69. The molecule has 0 radical (unpaired) electrons. The number of aliphatic hydroxyl groups excluding tert-OH is 1. The second kappa shape index (κ2) is 4.24. The number of hydrogen-bond donors (Lipinski definition) is 1. The smallest absolute Gasteiger partial charge is 0.342 e. The third-order valence-electron chi connectivity index (χ3n) is 2.44. The van der Waals surface area contributed by atoms with Crippen LogP contribution in [0.2, 0.25) is 0 Å². The third kappa shape index (κ3) is 1.79. The number of hydrogen-bond acceptors (Lipinski definition) is 3. The van der Waals surface area contributed by atoms with Gasteiger partial charge in [0.25, 0.3) is 0 Å². The summed E-state index contributed by atoms with van der Waals surface area (Å²) >= 11 is 0. The van der Waals surface area contributed by atoms with Crippen LogP contribution in [0.4, 0.5) is 0 Å². The van der Waals surface area contributed by atoms with E-state index in [2.05, 4.69) is 0 Å². The van der Waals surface area contributed by atoms with E-state index in [-0.39, 0.29) is 33.7 Å². The minimum absolute atomic E-state index is 0.0317. The van der Waals surface area contributed by atoms with Gasteiger partial charge >= 0.3 is 5.12 Å². The van der Waals surface area contributed by atoms with Crippen LogP contribution < -0.4 is 0 Å². The average Bonchev–Trinajstić information content (AvgIpc) is 2.31. The first kappa shape index (κ1) is 10.7. The minimum atomic E-state index is -0.511. The Morgan fingerprint density at radius 1 is 1.46 bits per heavy atom. The Morgan fingerprint density at radius 2 is 2.08 bits per heavy atom. The second-order valence-electron chi connectivity index (χ2n) is 3.15. The maximum absolute atomic E-state index is 11.6. The van der Waals surface area contributed by atoms with Crippen molar-refractivity contribution in [2.75, 3.05) is 12.4 Å². The van der Waals surface area contributed by atoms with E-state index in [1.807, 2.05) is 13.8 Å². The quantitative estimate of drug-likeness (QED) is 0.523. The van der Waals surface area contributed by atoms with Crippen molar-refractivity contribution in [2.45, 2.75) is 25.5 Å². The van der Waals surface area contributed by atoms with Crippen molar-refractivity contribution in [3.63, 3.8) is 0 Å². The summed E-state index contributed by atoms with van der Waals surface area (Å²) in [7, 11) is -0.385. The number of carbonyl (C=O) groups excluding carboxylic acids is 2. The summed E-state index contributed by atoms with van der Waals surface area (Å²) in [5, 5.41) is 8.65. The molecule has 0 aromatic carbocycles. The maximum Gasteiger partial charge on any atom is 0.342 e. The molecule has 1 fully saturated rings. The lowest BCUT2D eigenvalue weighted by molar-refractivity contribution is -0.127. The zero-order chi connectivity index (χ0) is 10.0. The van der Waals surface area contributed by atoms with Crippen LogP contribution in [0.1, 0.15) is 20.3 Å². The van der Waals surface area contributed by atoms with Crippen molar-refractivity contribution in [3.05, 3.63) is 0 Å². The van der Waals surface area contributed by atoms with E-state index in [0.717, 1.165) is 5.75 Å². The van der Waals surface area contributed by atoms with Crippen molar-refractivity contribution < 1.29 is 14.7 Å². The fraction of sp³-hybridized carbons (Fsp3) is 0.778. The molecular weight excluding hydrogens is 188 g/mol. The molecular formula is C9H15O3S+. The van der Waals surface area contributed by atoms with Crippen LogP contribution in [0.5, 0.6) is 0 Å². The van der Waals surface area contributed by atoms with E-state index in [1.54, 1.807) is 0 Å². The Labute approximate surface area is 80.9 Å². The highest BCUT2D eigenvalue weighted by atomic mass is 32.2. The molecule has 1 heterocycles. The van der Waals surface area contributed by atoms with Crippen LogP contribution in [0.15, 0.2) is 0 Å². The molecule has 3 nitrogen and oxygen atoms in total. The van der Waals surface area contributed by atoms with Crippen LogP contribution in [0, 0.1) is 5.92 Å². The van der Waals surface area contributed by atoms with Gasteiger partial charge in [-0.15, -0.1) is 0 Å². The predicted molar refractivity (Wildman–Crippen MR) is 52.6 cm³/mol. The minimum Gasteiger partial charge on any atom is -0.396 e. The molecule has 4 heteroatoms. The lowest BCUT2D eigenvalue weighted by Crippen LogP contribution is -2.22. The van der Waals surface area contributed by atoms with Gasteiger partial charge in [0.1, 0.15) is 11.7 Å². The summed E-state index contributed by atoms with van der Waals surface area (Å²) in [6.45, 7) is 3.69. The largest absolute Gasteiger partial charge is 0.396 e. The van der Waals surface area contributed by atoms with Crippen molar-refractivity contribution in [2.24, 2.45) is 5.92 Å². The highest BCUT2D eigenvalue weighted by Crippen LogP contribution is 2.27. The van der Waals surface area contributed by atoms with E-state index in [4.69, 9.17) is 5.11 Å². The van der Waals surface area contributed by atoms with Gasteiger partial charge in [-0.05, 0) is 20.3 Å². The molecule has 0 aromatic rings. The van der Waals surface area contributed by atoms with Gasteiger partial charge in [0.15, 0.2) is 5.25 Å². The van der Waals surface area contributed by atoms with Crippen molar-refractivity contribution >= 4 is 21.8 Å². The van der Waals surface area contributed by atoms with E-state index in [0.29, 0.717) is 6.42 Å². The average molecular weight is 203 g/mol. The van der Waals surface area contributed by atoms with E-state index in [1.165, 1.54) is 0 Å². The topological polar surface area (TPSA) is 54.4 Å². The lowest BCUT2D eigenvalue weighted by Gasteiger charge is -1.97. The summed E-state index contributed by atoms with van der Waals surface area (Å²) in [5.74, 6) is 0.278. The number of Topliss-reactive ketones (excluding diaryl/α,β-unsaturated/α-hetero) is 1. The summed E-state index contributed by atoms with van der Waals surface area (Å²) in [6.07, 6.45) is 0.311. The van der Waals surface area contributed by atoms with Crippen LogP contribution in [-0.4, -0.2) is 33.6 Å². The molecule has 1 saturated heterocycles. The number of aliphatic hydroxyl groups is 1. The molecule has 1 aliphatic heterocycles. The highest BCUT2D eigenvalue weighted by molar-refractivity contribution is 8.12. The number of ketones is 1. The van der Waals surface area contributed by atoms with Crippen LogP contribution >= 0.6 is 0 Å². The Morgan fingerprint density at radius 3 is 2.46 bits per heavy atom. The molecule has 0 amide bonds. The highest BCUT2D eigenvalue weighted by Gasteiger charge is 2.54. The number of carbonyl (C=O) groups is 2. The fourth-order valence-electron chi connectivity index (χ4n) is 1.68. The Bertz CT molecular complexity index is 227. The molecule has 3 unspecified atom stereocenters. The van der Waals surface area contributed by atoms with Gasteiger partial charge in [0, 0.05) is 6.61 Å². The molecule has 0 spiro atoms. The van der Waals surface area contributed by atoms with Gasteiger partial charge in [-0.3, -0.25) is 4.79 Å². The predicted octanol–water partition coefficient (Wildman–Crippen LogP) is 0.121. The fourth-order valence-corrected chi connectivity index (χ4v) is 3.86. The van der Waals surface area contributed by atoms with E-state index < -0.39 is 5.92 Å². The first-order chi connectivity index (χ1) is 6.13. The molecule has 1 rings (SSSR count). The molecule has 1 aliphatic rings. The van der Waals surface area contributed by atoms with Crippen LogP contribution in [0.25, 0.3) is 0 Å². The molecule has 0 bridgehead atoms. The zero-order valence-electron chi connectivity index (χ0n) is 7.95. The Kier molecular flexibility index (Phi) is 3.50. The maximum atomic E-state index is 11.6. The monoisotopic (exact) mass is 203 g/mol. The molecule has 3 atom stereocenters. The Hall–Kier alpha value is -0.350. The molecule has 0 aliphatic carbocycles. The molecule has 1 N–H and O–H groups in total. The standard InChI is InChI=1S/C9H15O3S/c1-3-13-6(2)8(11)7(4-5-10)9(13)12/h6-7,10H,3-5H2,1-2H3/q+1. The molecule has 13 heavy (non-hydrogen) atoms. The van der Waals surface area contributed by atoms with Crippen molar-refractivity contribution in [3.8, 4) is 0 Å². The SMILES string of the molecule is CC[S+]1C(=O)C(CCO)C(=O)C1C. The van der Waals surface area contributed by atoms with Gasteiger partial charge < -0.3 is 5.11 Å². The van der Waals surface area contributed by atoms with Gasteiger partial charge in [0.05, 0.1) is 10.9 Å². The van der Waals surface area contributed by atoms with Gasteiger partial charge in [0.2, 0.25) is 5.78 Å².